The lowest BCUT2D eigenvalue weighted by Crippen LogP contribution is -2.26. The van der Waals surface area contributed by atoms with Crippen LogP contribution in [0.5, 0.6) is 0 Å². The second kappa shape index (κ2) is 5.50. The van der Waals surface area contributed by atoms with Crippen LogP contribution in [-0.4, -0.2) is 19.9 Å². The molecule has 0 amide bonds. The molecule has 1 aromatic heterocycles. The highest BCUT2D eigenvalue weighted by atomic mass is 32.2. The molecule has 7 heteroatoms. The normalized spacial score (nSPS) is 11.7. The van der Waals surface area contributed by atoms with E-state index in [1.54, 1.807) is 6.92 Å². The van der Waals surface area contributed by atoms with Crippen molar-refractivity contribution < 1.29 is 17.2 Å². The van der Waals surface area contributed by atoms with Crippen LogP contribution in [0.3, 0.4) is 0 Å². The minimum absolute atomic E-state index is 0.0778. The van der Waals surface area contributed by atoms with Gasteiger partial charge in [0.1, 0.15) is 12.1 Å². The quantitative estimate of drug-likeness (QED) is 0.906. The summed E-state index contributed by atoms with van der Waals surface area (Å²) >= 11 is 0. The summed E-state index contributed by atoms with van der Waals surface area (Å²) in [5.41, 5.74) is 1.03. The number of oxazole rings is 1. The highest BCUT2D eigenvalue weighted by Gasteiger charge is 2.16. The standard InChI is InChI=1S/C12H13FN2O3S/c1-9-6-10(13)2-3-12(9)19(16,17)15-5-4-11-7-18-8-14-11/h2-3,6-8,15H,4-5H2,1H3. The van der Waals surface area contributed by atoms with Gasteiger partial charge in [0.25, 0.3) is 0 Å². The zero-order valence-corrected chi connectivity index (χ0v) is 11.1. The smallest absolute Gasteiger partial charge is 0.240 e. The second-order valence-corrected chi connectivity index (χ2v) is 5.77. The number of aryl methyl sites for hydroxylation is 1. The van der Waals surface area contributed by atoms with Crippen molar-refractivity contribution in [1.29, 1.82) is 0 Å². The summed E-state index contributed by atoms with van der Waals surface area (Å²) in [4.78, 5) is 3.96. The average Bonchev–Trinajstić information content (AvgIpc) is 2.81. The third-order valence-electron chi connectivity index (χ3n) is 2.58. The number of benzene rings is 1. The van der Waals surface area contributed by atoms with E-state index in [1.807, 2.05) is 0 Å². The molecule has 2 aromatic rings. The maximum Gasteiger partial charge on any atom is 0.240 e. The highest BCUT2D eigenvalue weighted by molar-refractivity contribution is 7.89. The van der Waals surface area contributed by atoms with Crippen LogP contribution < -0.4 is 4.72 Å². The van der Waals surface area contributed by atoms with Crippen molar-refractivity contribution in [1.82, 2.24) is 9.71 Å². The summed E-state index contributed by atoms with van der Waals surface area (Å²) in [6.45, 7) is 1.75. The van der Waals surface area contributed by atoms with Gasteiger partial charge in [0.2, 0.25) is 10.0 Å². The Kier molecular flexibility index (Phi) is 3.96. The molecule has 0 aliphatic rings. The average molecular weight is 284 g/mol. The van der Waals surface area contributed by atoms with E-state index in [1.165, 1.54) is 24.8 Å². The molecule has 1 heterocycles. The minimum atomic E-state index is -3.64. The number of nitrogens with zero attached hydrogens (tertiary/aromatic N) is 1. The van der Waals surface area contributed by atoms with E-state index in [0.717, 1.165) is 6.07 Å². The lowest BCUT2D eigenvalue weighted by Gasteiger charge is -2.08. The van der Waals surface area contributed by atoms with Gasteiger partial charge in [-0.3, -0.25) is 0 Å². The molecular formula is C12H13FN2O3S. The fourth-order valence-electron chi connectivity index (χ4n) is 1.67. The molecule has 0 radical (unpaired) electrons. The second-order valence-electron chi connectivity index (χ2n) is 4.04. The van der Waals surface area contributed by atoms with Crippen molar-refractivity contribution in [3.63, 3.8) is 0 Å². The van der Waals surface area contributed by atoms with E-state index >= 15 is 0 Å². The molecule has 19 heavy (non-hydrogen) atoms. The van der Waals surface area contributed by atoms with Crippen LogP contribution in [0.2, 0.25) is 0 Å². The van der Waals surface area contributed by atoms with Gasteiger partial charge in [-0.05, 0) is 30.7 Å². The van der Waals surface area contributed by atoms with Gasteiger partial charge in [0.15, 0.2) is 6.39 Å². The van der Waals surface area contributed by atoms with Gasteiger partial charge in [-0.15, -0.1) is 0 Å². The van der Waals surface area contributed by atoms with Gasteiger partial charge < -0.3 is 4.42 Å². The van der Waals surface area contributed by atoms with Crippen LogP contribution in [0.15, 0.2) is 40.2 Å². The van der Waals surface area contributed by atoms with E-state index in [0.29, 0.717) is 17.7 Å². The van der Waals surface area contributed by atoms with Crippen molar-refractivity contribution >= 4 is 10.0 Å². The number of hydrogen-bond donors (Lipinski definition) is 1. The third-order valence-corrected chi connectivity index (χ3v) is 4.20. The van der Waals surface area contributed by atoms with E-state index < -0.39 is 15.8 Å². The Morgan fingerprint density at radius 3 is 2.84 bits per heavy atom. The summed E-state index contributed by atoms with van der Waals surface area (Å²) in [5.74, 6) is -0.459. The molecule has 0 spiro atoms. The molecule has 5 nitrogen and oxygen atoms in total. The van der Waals surface area contributed by atoms with Crippen LogP contribution in [-0.2, 0) is 16.4 Å². The summed E-state index contributed by atoms with van der Waals surface area (Å²) in [5, 5.41) is 0. The van der Waals surface area contributed by atoms with Crippen molar-refractivity contribution in [2.75, 3.05) is 6.54 Å². The topological polar surface area (TPSA) is 72.2 Å². The van der Waals surface area contributed by atoms with Crippen LogP contribution >= 0.6 is 0 Å². The van der Waals surface area contributed by atoms with Crippen LogP contribution in [0, 0.1) is 12.7 Å². The molecule has 0 bridgehead atoms. The lowest BCUT2D eigenvalue weighted by molar-refractivity contribution is 0.555. The van der Waals surface area contributed by atoms with Crippen LogP contribution in [0.4, 0.5) is 4.39 Å². The first-order valence-electron chi connectivity index (χ1n) is 5.62. The number of aromatic nitrogens is 1. The number of nitrogens with one attached hydrogen (secondary N) is 1. The number of halogens is 1. The van der Waals surface area contributed by atoms with Gasteiger partial charge in [0.05, 0.1) is 10.6 Å². The molecule has 1 aromatic carbocycles. The van der Waals surface area contributed by atoms with Gasteiger partial charge in [-0.2, -0.15) is 0 Å². The molecule has 0 saturated heterocycles. The van der Waals surface area contributed by atoms with Gasteiger partial charge >= 0.3 is 0 Å². The Morgan fingerprint density at radius 2 is 2.21 bits per heavy atom. The Balaban J connectivity index is 2.05. The first-order chi connectivity index (χ1) is 8.99. The summed E-state index contributed by atoms with van der Waals surface area (Å²) in [6, 6.07) is 3.56. The van der Waals surface area contributed by atoms with E-state index in [-0.39, 0.29) is 11.4 Å². The number of hydrogen-bond acceptors (Lipinski definition) is 4. The lowest BCUT2D eigenvalue weighted by atomic mass is 10.2. The van der Waals surface area contributed by atoms with E-state index in [4.69, 9.17) is 4.42 Å². The Morgan fingerprint density at radius 1 is 1.42 bits per heavy atom. The number of sulfonamides is 1. The van der Waals surface area contributed by atoms with Gasteiger partial charge in [-0.1, -0.05) is 0 Å². The van der Waals surface area contributed by atoms with Crippen LogP contribution in [0.1, 0.15) is 11.3 Å². The van der Waals surface area contributed by atoms with Crippen molar-refractivity contribution in [2.24, 2.45) is 0 Å². The highest BCUT2D eigenvalue weighted by Crippen LogP contribution is 2.15. The first-order valence-corrected chi connectivity index (χ1v) is 7.10. The summed E-state index contributed by atoms with van der Waals surface area (Å²) < 4.78 is 44.2. The molecule has 0 saturated carbocycles. The zero-order valence-electron chi connectivity index (χ0n) is 10.3. The van der Waals surface area contributed by atoms with Gasteiger partial charge in [0, 0.05) is 13.0 Å². The maximum absolute atomic E-state index is 12.9. The van der Waals surface area contributed by atoms with Crippen molar-refractivity contribution in [3.05, 3.63) is 47.9 Å². The maximum atomic E-state index is 12.9. The molecule has 0 atom stereocenters. The van der Waals surface area contributed by atoms with E-state index in [9.17, 15) is 12.8 Å². The molecule has 102 valence electrons. The third kappa shape index (κ3) is 3.39. The monoisotopic (exact) mass is 284 g/mol. The SMILES string of the molecule is Cc1cc(F)ccc1S(=O)(=O)NCCc1cocn1. The summed E-state index contributed by atoms with van der Waals surface area (Å²) in [6.07, 6.45) is 3.17. The molecular weight excluding hydrogens is 271 g/mol. The van der Waals surface area contributed by atoms with Crippen LogP contribution in [0.25, 0.3) is 0 Å². The van der Waals surface area contributed by atoms with E-state index in [2.05, 4.69) is 9.71 Å². The molecule has 2 rings (SSSR count). The molecule has 0 unspecified atom stereocenters. The zero-order chi connectivity index (χ0) is 13.9. The number of rotatable bonds is 5. The fraction of sp³-hybridized carbons (Fsp3) is 0.250. The minimum Gasteiger partial charge on any atom is -0.451 e. The Labute approximate surface area is 110 Å². The largest absolute Gasteiger partial charge is 0.451 e. The Hall–Kier alpha value is -1.73. The summed E-state index contributed by atoms with van der Waals surface area (Å²) in [7, 11) is -3.64. The van der Waals surface area contributed by atoms with Crippen molar-refractivity contribution in [2.45, 2.75) is 18.2 Å². The predicted octanol–water partition coefficient (Wildman–Crippen LogP) is 1.64. The first kappa shape index (κ1) is 13.7. The molecule has 0 aliphatic heterocycles. The predicted molar refractivity (Wildman–Crippen MR) is 66.5 cm³/mol. The molecule has 1 N–H and O–H groups in total. The molecule has 0 fully saturated rings. The van der Waals surface area contributed by atoms with Crippen molar-refractivity contribution in [3.8, 4) is 0 Å². The Bertz CT molecular complexity index is 654. The van der Waals surface area contributed by atoms with Gasteiger partial charge in [-0.25, -0.2) is 22.5 Å². The molecule has 0 aliphatic carbocycles. The fourth-order valence-corrected chi connectivity index (χ4v) is 2.92.